The maximum absolute atomic E-state index is 12.8. The molecule has 0 aliphatic heterocycles. The lowest BCUT2D eigenvalue weighted by Crippen LogP contribution is -2.40. The summed E-state index contributed by atoms with van der Waals surface area (Å²) in [7, 11) is -4.74. The molecule has 0 fully saturated rings. The Hall–Kier alpha value is -2.70. The quantitative estimate of drug-likeness (QED) is 0.341. The summed E-state index contributed by atoms with van der Waals surface area (Å²) >= 11 is 5.98. The number of alkyl halides is 3. The van der Waals surface area contributed by atoms with E-state index >= 15 is 0 Å². The molecule has 0 saturated heterocycles. The Kier molecular flexibility index (Phi) is 9.49. The lowest BCUT2D eigenvalue weighted by Gasteiger charge is -2.29. The van der Waals surface area contributed by atoms with Gasteiger partial charge in [0.15, 0.2) is 11.5 Å². The van der Waals surface area contributed by atoms with Crippen LogP contribution in [0.25, 0.3) is 0 Å². The lowest BCUT2D eigenvalue weighted by atomic mass is 10.1. The van der Waals surface area contributed by atoms with Gasteiger partial charge in [-0.2, -0.15) is 21.6 Å². The van der Waals surface area contributed by atoms with Crippen LogP contribution >= 0.6 is 11.6 Å². The second-order valence-electron chi connectivity index (χ2n) is 8.72. The van der Waals surface area contributed by atoms with Crippen molar-refractivity contribution in [2.45, 2.75) is 44.4 Å². The predicted molar refractivity (Wildman–Crippen MR) is 127 cm³/mol. The van der Waals surface area contributed by atoms with Crippen molar-refractivity contribution in [3.8, 4) is 11.5 Å². The Morgan fingerprint density at radius 1 is 1.11 bits per heavy atom. The minimum atomic E-state index is -5.88. The fraction of sp³-hybridized carbons (Fsp3) is 0.435. The summed E-state index contributed by atoms with van der Waals surface area (Å²) in [6.07, 6.45) is -1.59. The highest BCUT2D eigenvalue weighted by atomic mass is 35.5. The fourth-order valence-corrected chi connectivity index (χ4v) is 3.64. The number of rotatable bonds is 9. The molecule has 0 aliphatic rings. The number of methoxy groups -OCH3 is 1. The van der Waals surface area contributed by atoms with Crippen LogP contribution < -0.4 is 8.92 Å². The van der Waals surface area contributed by atoms with Crippen LogP contribution in [-0.4, -0.2) is 55.8 Å². The van der Waals surface area contributed by atoms with E-state index in [4.69, 9.17) is 21.1 Å². The molecule has 0 aromatic heterocycles. The number of carbonyl (C=O) groups excluding carboxylic acids is 1. The average Bonchev–Trinajstić information content (AvgIpc) is 2.74. The molecule has 13 heteroatoms. The third-order valence-electron chi connectivity index (χ3n) is 4.66. The van der Waals surface area contributed by atoms with Gasteiger partial charge in [0.2, 0.25) is 0 Å². The van der Waals surface area contributed by atoms with Crippen molar-refractivity contribution in [1.29, 1.82) is 0 Å². The number of ether oxygens (including phenoxy) is 2. The number of carbonyl (C=O) groups is 1. The largest absolute Gasteiger partial charge is 0.534 e. The van der Waals surface area contributed by atoms with Crippen molar-refractivity contribution in [3.63, 3.8) is 0 Å². The zero-order valence-corrected chi connectivity index (χ0v) is 21.6. The highest BCUT2D eigenvalue weighted by Crippen LogP contribution is 2.34. The fourth-order valence-electron chi connectivity index (χ4n) is 2.98. The number of nitrogens with zero attached hydrogens (tertiary/aromatic N) is 1. The van der Waals surface area contributed by atoms with Gasteiger partial charge in [0, 0.05) is 11.6 Å². The van der Waals surface area contributed by atoms with E-state index in [9.17, 15) is 31.5 Å². The van der Waals surface area contributed by atoms with Crippen LogP contribution in [0.4, 0.5) is 18.0 Å². The summed E-state index contributed by atoms with van der Waals surface area (Å²) < 4.78 is 75.2. The minimum Gasteiger partial charge on any atom is -0.493 e. The van der Waals surface area contributed by atoms with Crippen molar-refractivity contribution < 1.29 is 45.1 Å². The van der Waals surface area contributed by atoms with Gasteiger partial charge in [-0.15, -0.1) is 0 Å². The molecule has 36 heavy (non-hydrogen) atoms. The van der Waals surface area contributed by atoms with Crippen molar-refractivity contribution in [2.24, 2.45) is 0 Å². The van der Waals surface area contributed by atoms with E-state index in [1.165, 1.54) is 17.0 Å². The topological polar surface area (TPSA) is 102 Å². The Morgan fingerprint density at radius 3 is 2.33 bits per heavy atom. The van der Waals surface area contributed by atoms with E-state index in [0.717, 1.165) is 13.2 Å². The molecule has 1 amide bonds. The summed E-state index contributed by atoms with van der Waals surface area (Å²) in [5.41, 5.74) is -5.42. The lowest BCUT2D eigenvalue weighted by molar-refractivity contribution is -0.0500. The Labute approximate surface area is 212 Å². The first-order valence-electron chi connectivity index (χ1n) is 10.6. The van der Waals surface area contributed by atoms with E-state index in [0.29, 0.717) is 16.1 Å². The predicted octanol–water partition coefficient (Wildman–Crippen LogP) is 5.09. The molecular formula is C23H27ClF3NO7S. The van der Waals surface area contributed by atoms with Gasteiger partial charge >= 0.3 is 21.7 Å². The molecular weight excluding hydrogens is 527 g/mol. The van der Waals surface area contributed by atoms with Gasteiger partial charge in [-0.25, -0.2) is 4.79 Å². The minimum absolute atomic E-state index is 0.0523. The number of aliphatic hydroxyl groups is 1. The molecule has 8 nitrogen and oxygen atoms in total. The molecule has 0 heterocycles. The van der Waals surface area contributed by atoms with Gasteiger partial charge in [-0.1, -0.05) is 29.8 Å². The van der Waals surface area contributed by atoms with Crippen molar-refractivity contribution >= 4 is 27.8 Å². The van der Waals surface area contributed by atoms with Gasteiger partial charge in [0.1, 0.15) is 5.60 Å². The van der Waals surface area contributed by atoms with Gasteiger partial charge in [-0.3, -0.25) is 0 Å². The van der Waals surface area contributed by atoms with Gasteiger partial charge < -0.3 is 23.7 Å². The standard InChI is InChI=1S/C23H27ClF3NO7S/c1-22(2,3)34-21(30)28(14-18(29)16-6-5-7-17(24)13-16)11-10-15-8-9-19(20(12-15)33-4)35-36(31,32)23(25,26)27/h5-9,12-13,18,29H,10-11,14H2,1-4H3/t18-/m1/s1. The molecule has 2 aromatic carbocycles. The van der Waals surface area contributed by atoms with Crippen LogP contribution in [0.3, 0.4) is 0 Å². The van der Waals surface area contributed by atoms with Crippen molar-refractivity contribution in [3.05, 3.63) is 58.6 Å². The van der Waals surface area contributed by atoms with E-state index in [2.05, 4.69) is 4.18 Å². The Bertz CT molecular complexity index is 1170. The third kappa shape index (κ3) is 8.45. The molecule has 1 atom stereocenters. The van der Waals surface area contributed by atoms with E-state index in [1.807, 2.05) is 0 Å². The van der Waals surface area contributed by atoms with Crippen LogP contribution in [0.15, 0.2) is 42.5 Å². The average molecular weight is 554 g/mol. The second-order valence-corrected chi connectivity index (χ2v) is 10.7. The maximum atomic E-state index is 12.8. The monoisotopic (exact) mass is 553 g/mol. The van der Waals surface area contributed by atoms with E-state index in [-0.39, 0.29) is 25.3 Å². The molecule has 0 unspecified atom stereocenters. The number of benzene rings is 2. The first-order chi connectivity index (χ1) is 16.5. The Balaban J connectivity index is 2.22. The smallest absolute Gasteiger partial charge is 0.493 e. The zero-order valence-electron chi connectivity index (χ0n) is 20.0. The van der Waals surface area contributed by atoms with Crippen molar-refractivity contribution in [2.75, 3.05) is 20.2 Å². The second kappa shape index (κ2) is 11.6. The van der Waals surface area contributed by atoms with Crippen LogP contribution in [0.5, 0.6) is 11.5 Å². The number of hydrogen-bond acceptors (Lipinski definition) is 7. The first-order valence-corrected chi connectivity index (χ1v) is 12.4. The SMILES string of the molecule is COc1cc(CCN(C[C@@H](O)c2cccc(Cl)c2)C(=O)OC(C)(C)C)ccc1OS(=O)(=O)C(F)(F)F. The summed E-state index contributed by atoms with van der Waals surface area (Å²) in [6, 6.07) is 10.2. The zero-order chi connectivity index (χ0) is 27.3. The van der Waals surface area contributed by atoms with Gasteiger partial charge in [0.05, 0.1) is 19.8 Å². The number of halogens is 4. The Morgan fingerprint density at radius 2 is 1.78 bits per heavy atom. The van der Waals surface area contributed by atoms with Gasteiger partial charge in [-0.05, 0) is 62.6 Å². The highest BCUT2D eigenvalue weighted by molar-refractivity contribution is 7.88. The van der Waals surface area contributed by atoms with Crippen molar-refractivity contribution in [1.82, 2.24) is 4.90 Å². The summed E-state index contributed by atoms with van der Waals surface area (Å²) in [5, 5.41) is 11.1. The molecule has 0 spiro atoms. The molecule has 0 radical (unpaired) electrons. The molecule has 0 saturated carbocycles. The van der Waals surface area contributed by atoms with Crippen LogP contribution in [0, 0.1) is 0 Å². The maximum Gasteiger partial charge on any atom is 0.534 e. The molecule has 200 valence electrons. The molecule has 2 aromatic rings. The summed E-state index contributed by atoms with van der Waals surface area (Å²) in [5.74, 6) is -0.887. The molecule has 2 rings (SSSR count). The summed E-state index contributed by atoms with van der Waals surface area (Å²) in [6.45, 7) is 4.99. The number of amides is 1. The molecule has 0 bridgehead atoms. The summed E-state index contributed by atoms with van der Waals surface area (Å²) in [4.78, 5) is 14.1. The van der Waals surface area contributed by atoms with E-state index < -0.39 is 39.2 Å². The van der Waals surface area contributed by atoms with E-state index in [1.54, 1.807) is 45.0 Å². The van der Waals surface area contributed by atoms with Crippen LogP contribution in [0.1, 0.15) is 38.0 Å². The number of hydrogen-bond donors (Lipinski definition) is 1. The van der Waals surface area contributed by atoms with Gasteiger partial charge in [0.25, 0.3) is 0 Å². The normalized spacial score (nSPS) is 13.1. The molecule has 0 aliphatic carbocycles. The third-order valence-corrected chi connectivity index (χ3v) is 5.86. The van der Waals surface area contributed by atoms with Crippen LogP contribution in [-0.2, 0) is 21.3 Å². The number of aliphatic hydroxyl groups excluding tert-OH is 1. The highest BCUT2D eigenvalue weighted by Gasteiger charge is 2.49. The first kappa shape index (κ1) is 29.5. The molecule has 1 N–H and O–H groups in total. The van der Waals surface area contributed by atoms with Crippen LogP contribution in [0.2, 0.25) is 5.02 Å².